The number of nitrogens with one attached hydrogen (secondary N) is 8. The number of Topliss-reactive ketones (excluding diaryl/α,β-unsaturated/α-hetero) is 2. The van der Waals surface area contributed by atoms with Crippen LogP contribution in [0.5, 0.6) is 0 Å². The fourth-order valence-electron chi connectivity index (χ4n) is 14.2. The standard InChI is InChI=1S/C87H142N8O27/c1-57-60(4)81(92-63(7)96)84(120-72(57)51-116-66(10)99)113-44-23-18-32-70(102)30-16-21-41-89-77(106)38-48-111-55-87(95-79(108)35-26-36-80(109)119-50-69-28-14-13-15-29-69,54-110-47-37-71(103)31-17-22-40-88-75(104)33-19-24-45-114-85-82(93-64(8)97)61(5)58(2)73(121-85)52-117-67(11)100)56-112-49-39-78(107)91-43-27-42-90-76(105)34-20-25-46-115-86-83(94-65(9)98)62(6)59(3)74(122-86)53-118-68(12)101/h13-15,28-29,57-62,72-74,81-86H,16-27,30-56H2,1-12H3,(H,88,104)(H,89,106)(H,90,105)(H,91,107)(H,92,96)(H,93,97)(H,94,98)(H,95,108). The largest absolute Gasteiger partial charge is 0.463 e. The van der Waals surface area contributed by atoms with Crippen LogP contribution in [0.3, 0.4) is 0 Å². The molecule has 3 heterocycles. The van der Waals surface area contributed by atoms with Crippen molar-refractivity contribution in [2.75, 3.05) is 105 Å². The van der Waals surface area contributed by atoms with E-state index >= 15 is 0 Å². The topological polar surface area (TPSA) is 455 Å². The lowest BCUT2D eigenvalue weighted by molar-refractivity contribution is -0.244. The number of esters is 4. The van der Waals surface area contributed by atoms with Gasteiger partial charge in [-0.2, -0.15) is 0 Å². The molecule has 35 nitrogen and oxygen atoms in total. The first-order chi connectivity index (χ1) is 58.3. The van der Waals surface area contributed by atoms with Gasteiger partial charge in [0.25, 0.3) is 0 Å². The minimum absolute atomic E-state index is 0.00106. The highest BCUT2D eigenvalue weighted by molar-refractivity contribution is 5.80. The highest BCUT2D eigenvalue weighted by atomic mass is 16.7. The Labute approximate surface area is 719 Å². The summed E-state index contributed by atoms with van der Waals surface area (Å²) < 4.78 is 76.3. The van der Waals surface area contributed by atoms with E-state index in [1.807, 2.05) is 71.9 Å². The van der Waals surface area contributed by atoms with Gasteiger partial charge in [0.1, 0.15) is 43.5 Å². The smallest absolute Gasteiger partial charge is 0.306 e. The molecule has 0 bridgehead atoms. The Morgan fingerprint density at radius 1 is 0.336 bits per heavy atom. The zero-order valence-corrected chi connectivity index (χ0v) is 74.1. The van der Waals surface area contributed by atoms with Gasteiger partial charge < -0.3 is 104 Å². The molecule has 1 aromatic rings. The summed E-state index contributed by atoms with van der Waals surface area (Å²) in [6, 6.07) is 7.84. The van der Waals surface area contributed by atoms with E-state index in [0.717, 1.165) is 5.56 Å². The summed E-state index contributed by atoms with van der Waals surface area (Å²) in [6.45, 7) is 21.1. The first kappa shape index (κ1) is 106. The summed E-state index contributed by atoms with van der Waals surface area (Å²) in [5, 5.41) is 23.2. The first-order valence-electron chi connectivity index (χ1n) is 43.6. The van der Waals surface area contributed by atoms with Crippen LogP contribution in [-0.2, 0) is 135 Å². The number of hydrogen-bond acceptors (Lipinski definition) is 27. The van der Waals surface area contributed by atoms with Gasteiger partial charge in [0, 0.05) is 152 Å². The van der Waals surface area contributed by atoms with E-state index in [1.54, 1.807) is 0 Å². The molecule has 0 aromatic heterocycles. The molecule has 0 aliphatic carbocycles. The van der Waals surface area contributed by atoms with Crippen molar-refractivity contribution in [3.05, 3.63) is 35.9 Å². The van der Waals surface area contributed by atoms with Crippen LogP contribution in [0.2, 0.25) is 0 Å². The molecule has 4 rings (SSSR count). The molecule has 35 heteroatoms. The summed E-state index contributed by atoms with van der Waals surface area (Å²) in [5.74, 6) is -4.37. The molecule has 0 radical (unpaired) electrons. The van der Waals surface area contributed by atoms with Crippen molar-refractivity contribution in [3.63, 3.8) is 0 Å². The van der Waals surface area contributed by atoms with Gasteiger partial charge in [-0.3, -0.25) is 67.1 Å². The van der Waals surface area contributed by atoms with Gasteiger partial charge in [-0.1, -0.05) is 71.9 Å². The van der Waals surface area contributed by atoms with Crippen molar-refractivity contribution in [3.8, 4) is 0 Å². The number of ketones is 2. The maximum absolute atomic E-state index is 14.0. The third-order valence-electron chi connectivity index (χ3n) is 22.0. The summed E-state index contributed by atoms with van der Waals surface area (Å²) in [6.07, 6.45) is 3.02. The molecule has 692 valence electrons. The van der Waals surface area contributed by atoms with E-state index in [0.29, 0.717) is 96.6 Å². The zero-order valence-electron chi connectivity index (χ0n) is 74.1. The second kappa shape index (κ2) is 60.4. The molecule has 0 saturated carbocycles. The molecular formula is C87H142N8O27. The number of amides is 8. The predicted octanol–water partition coefficient (Wildman–Crippen LogP) is 6.06. The first-order valence-corrected chi connectivity index (χ1v) is 43.6. The third kappa shape index (κ3) is 44.9. The number of rotatable bonds is 63. The molecule has 3 saturated heterocycles. The van der Waals surface area contributed by atoms with Gasteiger partial charge in [-0.05, 0) is 118 Å². The summed E-state index contributed by atoms with van der Waals surface area (Å²) >= 11 is 0. The Balaban J connectivity index is 1.30. The van der Waals surface area contributed by atoms with Crippen LogP contribution < -0.4 is 42.5 Å². The third-order valence-corrected chi connectivity index (χ3v) is 22.0. The molecule has 3 aliphatic heterocycles. The zero-order chi connectivity index (χ0) is 89.8. The molecule has 8 amide bonds. The second-order valence-corrected chi connectivity index (χ2v) is 32.3. The molecule has 16 unspecified atom stereocenters. The van der Waals surface area contributed by atoms with Gasteiger partial charge in [0.2, 0.25) is 47.3 Å². The van der Waals surface area contributed by atoms with Crippen molar-refractivity contribution < 1.29 is 129 Å². The Morgan fingerprint density at radius 3 is 1.03 bits per heavy atom. The van der Waals surface area contributed by atoms with E-state index in [-0.39, 0.29) is 245 Å². The van der Waals surface area contributed by atoms with Crippen molar-refractivity contribution in [2.45, 2.75) is 292 Å². The average Bonchev–Trinajstić information content (AvgIpc) is 0.811. The number of unbranched alkanes of at least 4 members (excludes halogenated alkanes) is 5. The maximum atomic E-state index is 14.0. The van der Waals surface area contributed by atoms with Crippen molar-refractivity contribution in [2.24, 2.45) is 35.5 Å². The van der Waals surface area contributed by atoms with Crippen LogP contribution in [0, 0.1) is 35.5 Å². The molecule has 16 atom stereocenters. The fourth-order valence-corrected chi connectivity index (χ4v) is 14.2. The highest BCUT2D eigenvalue weighted by Gasteiger charge is 2.46. The maximum Gasteiger partial charge on any atom is 0.306 e. The Kier molecular flexibility index (Phi) is 52.6. The second-order valence-electron chi connectivity index (χ2n) is 32.3. The Morgan fingerprint density at radius 2 is 0.664 bits per heavy atom. The van der Waals surface area contributed by atoms with E-state index in [1.165, 1.54) is 41.5 Å². The molecule has 8 N–H and O–H groups in total. The van der Waals surface area contributed by atoms with Gasteiger partial charge in [0.05, 0.1) is 76.1 Å². The summed E-state index contributed by atoms with van der Waals surface area (Å²) in [5.41, 5.74) is -0.668. The number of carbonyl (C=O) groups is 14. The Bertz CT molecular complexity index is 3070. The molecule has 3 aliphatic rings. The fraction of sp³-hybridized carbons (Fsp3) is 0.770. The van der Waals surface area contributed by atoms with Crippen LogP contribution >= 0.6 is 0 Å². The van der Waals surface area contributed by atoms with Crippen molar-refractivity contribution >= 4 is 82.7 Å². The summed E-state index contributed by atoms with van der Waals surface area (Å²) in [7, 11) is 0. The van der Waals surface area contributed by atoms with Crippen LogP contribution in [0.1, 0.15) is 230 Å². The average molecular weight is 1730 g/mol. The number of carbonyl (C=O) groups excluding carboxylic acids is 14. The summed E-state index contributed by atoms with van der Waals surface area (Å²) in [4.78, 5) is 176. The minimum atomic E-state index is -1.46. The van der Waals surface area contributed by atoms with Crippen LogP contribution in [0.4, 0.5) is 0 Å². The molecular weight excluding hydrogens is 1590 g/mol. The van der Waals surface area contributed by atoms with Gasteiger partial charge >= 0.3 is 23.9 Å². The van der Waals surface area contributed by atoms with Crippen LogP contribution in [0.25, 0.3) is 0 Å². The number of benzene rings is 1. The lowest BCUT2D eigenvalue weighted by atomic mass is 9.82. The van der Waals surface area contributed by atoms with Gasteiger partial charge in [0.15, 0.2) is 18.9 Å². The van der Waals surface area contributed by atoms with Crippen LogP contribution in [0.15, 0.2) is 30.3 Å². The van der Waals surface area contributed by atoms with E-state index in [2.05, 4.69) is 42.5 Å². The molecule has 1 aromatic carbocycles. The number of hydrogen-bond donors (Lipinski definition) is 8. The lowest BCUT2D eigenvalue weighted by Gasteiger charge is -2.44. The van der Waals surface area contributed by atoms with Crippen molar-refractivity contribution in [1.29, 1.82) is 0 Å². The lowest BCUT2D eigenvalue weighted by Crippen LogP contribution is -2.58. The van der Waals surface area contributed by atoms with Gasteiger partial charge in [-0.25, -0.2) is 0 Å². The van der Waals surface area contributed by atoms with Crippen molar-refractivity contribution in [1.82, 2.24) is 42.5 Å². The number of ether oxygens (including phenoxy) is 13. The van der Waals surface area contributed by atoms with E-state index in [9.17, 15) is 67.1 Å². The highest BCUT2D eigenvalue weighted by Crippen LogP contribution is 2.35. The minimum Gasteiger partial charge on any atom is -0.463 e. The van der Waals surface area contributed by atoms with Crippen LogP contribution in [-0.4, -0.2) is 249 Å². The molecule has 122 heavy (non-hydrogen) atoms. The SMILES string of the molecule is CC(=O)NC1C(OCCCCC(=O)CCCCNC(=O)CCOCC(COCCC(=O)CCCCNC(=O)CCCCOC2OC(COC(C)=O)C(C)C(C)C2NC(C)=O)(COCCC(=O)NCCCNC(=O)CCCCOC2OC(COC(C)=O)C(C)C(C)C2NC(C)=O)NC(=O)CCCC(=O)OCc2ccccc2)OC(COC(C)=O)C(C)C1C. The quantitative estimate of drug-likeness (QED) is 0.0208. The molecule has 0 spiro atoms. The predicted molar refractivity (Wildman–Crippen MR) is 445 cm³/mol. The normalized spacial score (nSPS) is 22.9. The van der Waals surface area contributed by atoms with E-state index < -0.39 is 90.6 Å². The van der Waals surface area contributed by atoms with E-state index in [4.69, 9.17) is 61.6 Å². The van der Waals surface area contributed by atoms with Gasteiger partial charge in [-0.15, -0.1) is 0 Å². The monoisotopic (exact) mass is 1730 g/mol. The Hall–Kier alpha value is -8.16. The molecule has 3 fully saturated rings.